The molecule has 1 unspecified atom stereocenters. The van der Waals surface area contributed by atoms with Crippen molar-refractivity contribution in [2.24, 2.45) is 0 Å². The van der Waals surface area contributed by atoms with E-state index in [2.05, 4.69) is 76.2 Å². The van der Waals surface area contributed by atoms with Crippen molar-refractivity contribution in [1.29, 1.82) is 0 Å². The number of benzene rings is 2. The van der Waals surface area contributed by atoms with E-state index in [0.29, 0.717) is 11.8 Å². The summed E-state index contributed by atoms with van der Waals surface area (Å²) in [7, 11) is 0. The maximum Gasteiger partial charge on any atom is -0.0149 e. The predicted molar refractivity (Wildman–Crippen MR) is 84.7 cm³/mol. The minimum atomic E-state index is 0.590. The van der Waals surface area contributed by atoms with Crippen LogP contribution in [0.1, 0.15) is 57.1 Å². The first-order chi connectivity index (χ1) is 9.13. The van der Waals surface area contributed by atoms with Gasteiger partial charge in [0.15, 0.2) is 0 Å². The van der Waals surface area contributed by atoms with Crippen LogP contribution < -0.4 is 0 Å². The van der Waals surface area contributed by atoms with E-state index in [1.54, 1.807) is 0 Å². The standard InChI is InChI=1S/C19H24/c1-5-15(4)19-13-17(14(2)3)11-12-18(19)16-9-7-6-8-10-16/h6-15H,5H2,1-4H3. The highest BCUT2D eigenvalue weighted by atomic mass is 14.2. The van der Waals surface area contributed by atoms with Gasteiger partial charge in [-0.15, -0.1) is 0 Å². The van der Waals surface area contributed by atoms with Gasteiger partial charge >= 0.3 is 0 Å². The van der Waals surface area contributed by atoms with Crippen LogP contribution in [0.15, 0.2) is 48.5 Å². The van der Waals surface area contributed by atoms with Crippen LogP contribution in [-0.4, -0.2) is 0 Å². The van der Waals surface area contributed by atoms with Crippen LogP contribution in [0.25, 0.3) is 11.1 Å². The first kappa shape index (κ1) is 13.9. The molecule has 0 fully saturated rings. The van der Waals surface area contributed by atoms with Gasteiger partial charge < -0.3 is 0 Å². The van der Waals surface area contributed by atoms with Crippen molar-refractivity contribution >= 4 is 0 Å². The third kappa shape index (κ3) is 3.07. The molecule has 0 nitrogen and oxygen atoms in total. The molecule has 0 N–H and O–H groups in total. The minimum Gasteiger partial charge on any atom is -0.0648 e. The summed E-state index contributed by atoms with van der Waals surface area (Å²) >= 11 is 0. The van der Waals surface area contributed by atoms with Gasteiger partial charge in [0.25, 0.3) is 0 Å². The number of hydrogen-bond donors (Lipinski definition) is 0. The molecule has 0 aliphatic heterocycles. The average Bonchev–Trinajstić information content (AvgIpc) is 2.46. The van der Waals surface area contributed by atoms with E-state index in [0.717, 1.165) is 0 Å². The molecular formula is C19H24. The average molecular weight is 252 g/mol. The quantitative estimate of drug-likeness (QED) is 0.627. The van der Waals surface area contributed by atoms with E-state index < -0.39 is 0 Å². The SMILES string of the molecule is CCC(C)c1cc(C(C)C)ccc1-c1ccccc1. The maximum atomic E-state index is 2.40. The summed E-state index contributed by atoms with van der Waals surface area (Å²) in [6, 6.07) is 17.7. The Morgan fingerprint density at radius 1 is 0.895 bits per heavy atom. The lowest BCUT2D eigenvalue weighted by atomic mass is 9.87. The Balaban J connectivity index is 2.54. The van der Waals surface area contributed by atoms with Crippen LogP contribution in [0.3, 0.4) is 0 Å². The molecule has 19 heavy (non-hydrogen) atoms. The summed E-state index contributed by atoms with van der Waals surface area (Å²) in [5, 5.41) is 0. The van der Waals surface area contributed by atoms with E-state index in [9.17, 15) is 0 Å². The van der Waals surface area contributed by atoms with Crippen molar-refractivity contribution in [3.05, 3.63) is 59.7 Å². The summed E-state index contributed by atoms with van der Waals surface area (Å²) < 4.78 is 0. The number of rotatable bonds is 4. The van der Waals surface area contributed by atoms with Crippen molar-refractivity contribution in [3.63, 3.8) is 0 Å². The Morgan fingerprint density at radius 3 is 2.16 bits per heavy atom. The predicted octanol–water partition coefficient (Wildman–Crippen LogP) is 5.99. The maximum absolute atomic E-state index is 2.40. The van der Waals surface area contributed by atoms with E-state index >= 15 is 0 Å². The zero-order chi connectivity index (χ0) is 13.8. The normalized spacial score (nSPS) is 12.7. The zero-order valence-electron chi connectivity index (χ0n) is 12.5. The molecule has 0 radical (unpaired) electrons. The van der Waals surface area contributed by atoms with Crippen molar-refractivity contribution in [2.75, 3.05) is 0 Å². The molecule has 2 aromatic carbocycles. The van der Waals surface area contributed by atoms with Gasteiger partial charge in [-0.05, 0) is 40.5 Å². The molecule has 0 heteroatoms. The Kier molecular flexibility index (Phi) is 4.42. The van der Waals surface area contributed by atoms with Crippen molar-refractivity contribution in [2.45, 2.75) is 46.0 Å². The summed E-state index contributed by atoms with van der Waals surface area (Å²) in [6.45, 7) is 9.11. The van der Waals surface area contributed by atoms with Crippen LogP contribution in [0.4, 0.5) is 0 Å². The molecular weight excluding hydrogens is 228 g/mol. The molecule has 0 saturated heterocycles. The fourth-order valence-electron chi connectivity index (χ4n) is 2.45. The monoisotopic (exact) mass is 252 g/mol. The fraction of sp³-hybridized carbons (Fsp3) is 0.368. The summed E-state index contributed by atoms with van der Waals surface area (Å²) in [4.78, 5) is 0. The van der Waals surface area contributed by atoms with Gasteiger partial charge in [-0.2, -0.15) is 0 Å². The van der Waals surface area contributed by atoms with Crippen LogP contribution >= 0.6 is 0 Å². The van der Waals surface area contributed by atoms with Gasteiger partial charge in [-0.1, -0.05) is 76.2 Å². The molecule has 100 valence electrons. The topological polar surface area (TPSA) is 0 Å². The molecule has 0 amide bonds. The van der Waals surface area contributed by atoms with E-state index in [4.69, 9.17) is 0 Å². The van der Waals surface area contributed by atoms with Gasteiger partial charge in [0.1, 0.15) is 0 Å². The van der Waals surface area contributed by atoms with Crippen molar-refractivity contribution in [1.82, 2.24) is 0 Å². The lowest BCUT2D eigenvalue weighted by Gasteiger charge is -2.18. The van der Waals surface area contributed by atoms with E-state index in [1.807, 2.05) is 0 Å². The second kappa shape index (κ2) is 6.06. The lowest BCUT2D eigenvalue weighted by Crippen LogP contribution is -1.98. The zero-order valence-corrected chi connectivity index (χ0v) is 12.5. The Bertz CT molecular complexity index is 523. The Morgan fingerprint density at radius 2 is 1.58 bits per heavy atom. The molecule has 2 aromatic rings. The molecule has 0 saturated carbocycles. The van der Waals surface area contributed by atoms with Gasteiger partial charge in [0, 0.05) is 0 Å². The Labute approximate surface area is 117 Å². The molecule has 0 aromatic heterocycles. The highest BCUT2D eigenvalue weighted by molar-refractivity contribution is 5.68. The van der Waals surface area contributed by atoms with Crippen LogP contribution in [0.2, 0.25) is 0 Å². The van der Waals surface area contributed by atoms with Crippen molar-refractivity contribution < 1.29 is 0 Å². The summed E-state index contributed by atoms with van der Waals surface area (Å²) in [5.41, 5.74) is 5.64. The molecule has 0 heterocycles. The summed E-state index contributed by atoms with van der Waals surface area (Å²) in [5.74, 6) is 1.20. The largest absolute Gasteiger partial charge is 0.0648 e. The minimum absolute atomic E-state index is 0.590. The highest BCUT2D eigenvalue weighted by Gasteiger charge is 2.12. The van der Waals surface area contributed by atoms with Gasteiger partial charge in [-0.3, -0.25) is 0 Å². The van der Waals surface area contributed by atoms with Gasteiger partial charge in [0.2, 0.25) is 0 Å². The highest BCUT2D eigenvalue weighted by Crippen LogP contribution is 2.33. The molecule has 0 aliphatic carbocycles. The third-order valence-electron chi connectivity index (χ3n) is 3.97. The Hall–Kier alpha value is -1.56. The van der Waals surface area contributed by atoms with Crippen LogP contribution in [0.5, 0.6) is 0 Å². The second-order valence-electron chi connectivity index (χ2n) is 5.68. The fourth-order valence-corrected chi connectivity index (χ4v) is 2.45. The second-order valence-corrected chi connectivity index (χ2v) is 5.68. The van der Waals surface area contributed by atoms with Crippen LogP contribution in [0, 0.1) is 0 Å². The molecule has 0 spiro atoms. The van der Waals surface area contributed by atoms with Gasteiger partial charge in [0.05, 0.1) is 0 Å². The lowest BCUT2D eigenvalue weighted by molar-refractivity contribution is 0.731. The third-order valence-corrected chi connectivity index (χ3v) is 3.97. The first-order valence-corrected chi connectivity index (χ1v) is 7.32. The molecule has 0 bridgehead atoms. The molecule has 2 rings (SSSR count). The van der Waals surface area contributed by atoms with Crippen LogP contribution in [-0.2, 0) is 0 Å². The smallest absolute Gasteiger partial charge is 0.0149 e. The molecule has 0 aliphatic rings. The summed E-state index contributed by atoms with van der Waals surface area (Å²) in [6.07, 6.45) is 1.18. The number of hydrogen-bond acceptors (Lipinski definition) is 0. The van der Waals surface area contributed by atoms with Crippen molar-refractivity contribution in [3.8, 4) is 11.1 Å². The van der Waals surface area contributed by atoms with E-state index in [-0.39, 0.29) is 0 Å². The van der Waals surface area contributed by atoms with Gasteiger partial charge in [-0.25, -0.2) is 0 Å². The molecule has 1 atom stereocenters. The van der Waals surface area contributed by atoms with E-state index in [1.165, 1.54) is 28.7 Å². The first-order valence-electron chi connectivity index (χ1n) is 7.32.